The van der Waals surface area contributed by atoms with Crippen LogP contribution >= 0.6 is 35.0 Å². The molecule has 1 atom stereocenters. The van der Waals surface area contributed by atoms with Crippen LogP contribution < -0.4 is 0 Å². The largest absolute Gasteiger partial charge is 0.480 e. The van der Waals surface area contributed by atoms with Gasteiger partial charge >= 0.3 is 5.97 Å². The summed E-state index contributed by atoms with van der Waals surface area (Å²) in [5.41, 5.74) is 0.203. The standard InChI is InChI=1S/C9H8Cl2N2O3S/c10-4-1-5(12-7(4)11)8(14)13-3-17-2-6(13)9(15)16/h1,6,12H,2-3H2,(H,15,16)/t6-/m0/s1. The lowest BCUT2D eigenvalue weighted by Gasteiger charge is -2.19. The van der Waals surface area contributed by atoms with Crippen molar-refractivity contribution < 1.29 is 14.7 Å². The number of hydrogen-bond acceptors (Lipinski definition) is 3. The Morgan fingerprint density at radius 2 is 2.24 bits per heavy atom. The molecule has 17 heavy (non-hydrogen) atoms. The summed E-state index contributed by atoms with van der Waals surface area (Å²) >= 11 is 12.8. The second kappa shape index (κ2) is 4.80. The molecule has 92 valence electrons. The van der Waals surface area contributed by atoms with Crippen molar-refractivity contribution in [1.82, 2.24) is 9.88 Å². The van der Waals surface area contributed by atoms with E-state index in [4.69, 9.17) is 28.3 Å². The number of carbonyl (C=O) groups excluding carboxylic acids is 1. The van der Waals surface area contributed by atoms with Crippen LogP contribution in [0.2, 0.25) is 10.2 Å². The number of aromatic amines is 1. The van der Waals surface area contributed by atoms with Gasteiger partial charge in [0.2, 0.25) is 0 Å². The molecule has 8 heteroatoms. The van der Waals surface area contributed by atoms with Gasteiger partial charge in [-0.1, -0.05) is 23.2 Å². The Hall–Kier alpha value is -0.850. The van der Waals surface area contributed by atoms with E-state index in [2.05, 4.69) is 4.98 Å². The average Bonchev–Trinajstić information content (AvgIpc) is 2.85. The first-order valence-electron chi connectivity index (χ1n) is 4.66. The molecule has 0 aromatic carbocycles. The second-order valence-corrected chi connectivity index (χ2v) is 5.26. The summed E-state index contributed by atoms with van der Waals surface area (Å²) in [6.07, 6.45) is 0. The van der Waals surface area contributed by atoms with Crippen molar-refractivity contribution in [3.8, 4) is 0 Å². The second-order valence-electron chi connectivity index (χ2n) is 3.47. The Morgan fingerprint density at radius 1 is 1.53 bits per heavy atom. The molecule has 0 aliphatic carbocycles. The summed E-state index contributed by atoms with van der Waals surface area (Å²) in [5, 5.41) is 9.39. The number of carboxylic acids is 1. The van der Waals surface area contributed by atoms with Gasteiger partial charge in [0, 0.05) is 5.75 Å². The minimum absolute atomic E-state index is 0.175. The van der Waals surface area contributed by atoms with Crippen molar-refractivity contribution >= 4 is 46.8 Å². The number of aliphatic carboxylic acids is 1. The van der Waals surface area contributed by atoms with Crippen LogP contribution in [0.3, 0.4) is 0 Å². The van der Waals surface area contributed by atoms with Gasteiger partial charge in [-0.05, 0) is 6.07 Å². The molecular weight excluding hydrogens is 287 g/mol. The molecule has 0 unspecified atom stereocenters. The summed E-state index contributed by atoms with van der Waals surface area (Å²) in [6.45, 7) is 0. The molecule has 0 bridgehead atoms. The number of thioether (sulfide) groups is 1. The minimum atomic E-state index is -1.01. The fourth-order valence-corrected chi connectivity index (χ4v) is 2.98. The molecule has 0 saturated carbocycles. The van der Waals surface area contributed by atoms with Gasteiger partial charge in [-0.15, -0.1) is 11.8 Å². The number of carbonyl (C=O) groups is 2. The quantitative estimate of drug-likeness (QED) is 0.874. The van der Waals surface area contributed by atoms with Gasteiger partial charge in [0.1, 0.15) is 16.9 Å². The van der Waals surface area contributed by atoms with Crippen molar-refractivity contribution in [3.05, 3.63) is 21.9 Å². The fraction of sp³-hybridized carbons (Fsp3) is 0.333. The number of aromatic nitrogens is 1. The van der Waals surface area contributed by atoms with Crippen molar-refractivity contribution in [2.75, 3.05) is 11.6 Å². The average molecular weight is 295 g/mol. The van der Waals surface area contributed by atoms with Crippen LogP contribution in [0.25, 0.3) is 0 Å². The third-order valence-electron chi connectivity index (χ3n) is 2.38. The zero-order chi connectivity index (χ0) is 12.6. The topological polar surface area (TPSA) is 73.4 Å². The van der Waals surface area contributed by atoms with Crippen LogP contribution in [0, 0.1) is 0 Å². The van der Waals surface area contributed by atoms with E-state index in [9.17, 15) is 9.59 Å². The maximum Gasteiger partial charge on any atom is 0.327 e. The zero-order valence-corrected chi connectivity index (χ0v) is 10.8. The third kappa shape index (κ3) is 2.38. The van der Waals surface area contributed by atoms with E-state index < -0.39 is 17.9 Å². The summed E-state index contributed by atoms with van der Waals surface area (Å²) < 4.78 is 0. The molecule has 1 amide bonds. The number of halogens is 2. The zero-order valence-electron chi connectivity index (χ0n) is 8.44. The number of nitrogens with zero attached hydrogens (tertiary/aromatic N) is 1. The SMILES string of the molecule is O=C(O)[C@@H]1CSCN1C(=O)c1cc(Cl)c(Cl)[nH]1. The Kier molecular flexibility index (Phi) is 3.56. The molecule has 1 aromatic heterocycles. The van der Waals surface area contributed by atoms with E-state index in [1.54, 1.807) is 0 Å². The highest BCUT2D eigenvalue weighted by molar-refractivity contribution is 7.99. The maximum atomic E-state index is 12.0. The van der Waals surface area contributed by atoms with E-state index in [1.165, 1.54) is 22.7 Å². The molecule has 1 aliphatic rings. The molecule has 1 fully saturated rings. The molecule has 1 aromatic rings. The van der Waals surface area contributed by atoms with Crippen LogP contribution in [0.1, 0.15) is 10.5 Å². The number of H-pyrrole nitrogens is 1. The minimum Gasteiger partial charge on any atom is -0.480 e. The van der Waals surface area contributed by atoms with Gasteiger partial charge in [0.15, 0.2) is 0 Å². The van der Waals surface area contributed by atoms with Gasteiger partial charge in [0.05, 0.1) is 10.9 Å². The van der Waals surface area contributed by atoms with Gasteiger partial charge < -0.3 is 15.0 Å². The normalized spacial score (nSPS) is 19.6. The third-order valence-corrected chi connectivity index (χ3v) is 4.09. The summed E-state index contributed by atoms with van der Waals surface area (Å²) in [5.74, 6) is -0.670. The fourth-order valence-electron chi connectivity index (χ4n) is 1.52. The molecule has 5 nitrogen and oxygen atoms in total. The molecule has 2 N–H and O–H groups in total. The number of rotatable bonds is 2. The van der Waals surface area contributed by atoms with Gasteiger partial charge in [-0.2, -0.15) is 0 Å². The lowest BCUT2D eigenvalue weighted by Crippen LogP contribution is -2.41. The first-order chi connectivity index (χ1) is 8.00. The van der Waals surface area contributed by atoms with E-state index in [0.717, 1.165) is 0 Å². The molecule has 0 spiro atoms. The Balaban J connectivity index is 2.22. The highest BCUT2D eigenvalue weighted by Gasteiger charge is 2.35. The number of nitrogens with one attached hydrogen (secondary N) is 1. The van der Waals surface area contributed by atoms with Gasteiger partial charge in [0.25, 0.3) is 5.91 Å². The first-order valence-corrected chi connectivity index (χ1v) is 6.57. The van der Waals surface area contributed by atoms with Crippen LogP contribution in [0.15, 0.2) is 6.07 Å². The highest BCUT2D eigenvalue weighted by Crippen LogP contribution is 2.26. The van der Waals surface area contributed by atoms with Crippen LogP contribution in [-0.4, -0.2) is 44.5 Å². The smallest absolute Gasteiger partial charge is 0.327 e. The lowest BCUT2D eigenvalue weighted by molar-refractivity contribution is -0.140. The predicted molar refractivity (Wildman–Crippen MR) is 65.7 cm³/mol. The Bertz CT molecular complexity index is 457. The molecule has 2 heterocycles. The van der Waals surface area contributed by atoms with Crippen LogP contribution in [-0.2, 0) is 4.79 Å². The molecule has 0 radical (unpaired) electrons. The van der Waals surface area contributed by atoms with E-state index in [-0.39, 0.29) is 15.9 Å². The van der Waals surface area contributed by atoms with Crippen LogP contribution in [0.5, 0.6) is 0 Å². The summed E-state index contributed by atoms with van der Waals surface area (Å²) in [6, 6.07) is 0.599. The summed E-state index contributed by atoms with van der Waals surface area (Å²) in [7, 11) is 0. The van der Waals surface area contributed by atoms with Crippen LogP contribution in [0.4, 0.5) is 0 Å². The maximum absolute atomic E-state index is 12.0. The van der Waals surface area contributed by atoms with Gasteiger partial charge in [-0.25, -0.2) is 4.79 Å². The Morgan fingerprint density at radius 3 is 2.76 bits per heavy atom. The Labute approximate surface area is 111 Å². The van der Waals surface area contributed by atoms with Crippen molar-refractivity contribution in [2.24, 2.45) is 0 Å². The number of hydrogen-bond donors (Lipinski definition) is 2. The van der Waals surface area contributed by atoms with E-state index in [0.29, 0.717) is 11.6 Å². The lowest BCUT2D eigenvalue weighted by atomic mass is 10.2. The monoisotopic (exact) mass is 294 g/mol. The highest BCUT2D eigenvalue weighted by atomic mass is 35.5. The number of carboxylic acid groups (broad SMARTS) is 1. The van der Waals surface area contributed by atoms with Crippen molar-refractivity contribution in [3.63, 3.8) is 0 Å². The molecule has 1 saturated heterocycles. The molecule has 2 rings (SSSR count). The number of amides is 1. The molecule has 1 aliphatic heterocycles. The van der Waals surface area contributed by atoms with Crippen molar-refractivity contribution in [2.45, 2.75) is 6.04 Å². The predicted octanol–water partition coefficient (Wildman–Crippen LogP) is 1.92. The molecular formula is C9H8Cl2N2O3S. The van der Waals surface area contributed by atoms with Gasteiger partial charge in [-0.3, -0.25) is 4.79 Å². The van der Waals surface area contributed by atoms with Crippen molar-refractivity contribution in [1.29, 1.82) is 0 Å². The van der Waals surface area contributed by atoms with E-state index in [1.807, 2.05) is 0 Å². The van der Waals surface area contributed by atoms with E-state index >= 15 is 0 Å². The first kappa shape index (κ1) is 12.6. The summed E-state index contributed by atoms with van der Waals surface area (Å²) in [4.78, 5) is 26.9.